The molecule has 0 atom stereocenters. The Labute approximate surface area is 106 Å². The Kier molecular flexibility index (Phi) is 2.09. The van der Waals surface area contributed by atoms with E-state index in [1.807, 2.05) is 18.3 Å². The lowest BCUT2D eigenvalue weighted by molar-refractivity contribution is 0.638. The van der Waals surface area contributed by atoms with E-state index in [0.717, 1.165) is 5.82 Å². The van der Waals surface area contributed by atoms with Crippen LogP contribution in [0.3, 0.4) is 0 Å². The number of aryl methyl sites for hydroxylation is 1. The molecule has 2 heterocycles. The molecule has 90 valence electrons. The van der Waals surface area contributed by atoms with Crippen LogP contribution in [0.5, 0.6) is 0 Å². The summed E-state index contributed by atoms with van der Waals surface area (Å²) in [5.41, 5.74) is 3.99. The maximum absolute atomic E-state index is 4.66. The number of aromatic amines is 1. The van der Waals surface area contributed by atoms with Crippen LogP contribution in [0.2, 0.25) is 0 Å². The molecule has 0 saturated heterocycles. The molecule has 0 fully saturated rings. The zero-order valence-electron chi connectivity index (χ0n) is 11.0. The second-order valence-electron chi connectivity index (χ2n) is 5.72. The molecule has 2 aromatic heterocycles. The molecule has 1 N–H and O–H groups in total. The molecule has 1 aliphatic rings. The molecular weight excluding hydrogens is 228 g/mol. The number of aromatic nitrogens is 2. The molecule has 0 aliphatic heterocycles. The summed E-state index contributed by atoms with van der Waals surface area (Å²) >= 11 is 1.91. The first-order chi connectivity index (χ1) is 7.91. The second-order valence-corrected chi connectivity index (χ2v) is 6.80. The molecule has 0 unspecified atom stereocenters. The Morgan fingerprint density at radius 3 is 2.71 bits per heavy atom. The minimum absolute atomic E-state index is 0.0789. The topological polar surface area (TPSA) is 28.7 Å². The zero-order chi connectivity index (χ0) is 12.4. The van der Waals surface area contributed by atoms with E-state index in [1.165, 1.54) is 26.7 Å². The molecule has 3 rings (SSSR count). The van der Waals surface area contributed by atoms with Crippen LogP contribution in [-0.4, -0.2) is 9.97 Å². The maximum Gasteiger partial charge on any atom is 0.103 e. The Morgan fingerprint density at radius 2 is 2.06 bits per heavy atom. The van der Waals surface area contributed by atoms with Crippen molar-refractivity contribution in [3.8, 4) is 10.6 Å². The van der Waals surface area contributed by atoms with Crippen LogP contribution >= 0.6 is 11.3 Å². The second kappa shape index (κ2) is 3.22. The fourth-order valence-corrected chi connectivity index (χ4v) is 3.89. The summed E-state index contributed by atoms with van der Waals surface area (Å²) in [5.74, 6) is 1.62. The van der Waals surface area contributed by atoms with E-state index in [9.17, 15) is 0 Å². The van der Waals surface area contributed by atoms with E-state index < -0.39 is 0 Å². The summed E-state index contributed by atoms with van der Waals surface area (Å²) in [5, 5.41) is 0. The number of fused-ring (bicyclic) bond motifs is 3. The van der Waals surface area contributed by atoms with Gasteiger partial charge in [-0.2, -0.15) is 0 Å². The van der Waals surface area contributed by atoms with Gasteiger partial charge in [0.25, 0.3) is 0 Å². The van der Waals surface area contributed by atoms with Crippen LogP contribution in [-0.2, 0) is 5.41 Å². The maximum atomic E-state index is 4.66. The third kappa shape index (κ3) is 1.35. The van der Waals surface area contributed by atoms with Gasteiger partial charge in [-0.1, -0.05) is 27.7 Å². The third-order valence-electron chi connectivity index (χ3n) is 3.66. The van der Waals surface area contributed by atoms with Crippen molar-refractivity contribution in [2.24, 2.45) is 0 Å². The third-order valence-corrected chi connectivity index (χ3v) is 5.10. The van der Waals surface area contributed by atoms with Gasteiger partial charge in [0.2, 0.25) is 0 Å². The molecule has 0 radical (unpaired) electrons. The fourth-order valence-electron chi connectivity index (χ4n) is 2.58. The van der Waals surface area contributed by atoms with Crippen LogP contribution in [0.1, 0.15) is 55.6 Å². The van der Waals surface area contributed by atoms with E-state index in [-0.39, 0.29) is 5.41 Å². The van der Waals surface area contributed by atoms with E-state index in [1.54, 1.807) is 0 Å². The average Bonchev–Trinajstić information content (AvgIpc) is 2.83. The highest BCUT2D eigenvalue weighted by Crippen LogP contribution is 2.51. The SMILES string of the molecule is Cc1nc2c([nH]1)C(C)(C)c1cc(C(C)C)sc1-2. The van der Waals surface area contributed by atoms with Crippen molar-refractivity contribution in [3.63, 3.8) is 0 Å². The molecule has 2 aromatic rings. The first kappa shape index (κ1) is 11.0. The van der Waals surface area contributed by atoms with Crippen molar-refractivity contribution < 1.29 is 0 Å². The molecule has 17 heavy (non-hydrogen) atoms. The zero-order valence-corrected chi connectivity index (χ0v) is 11.8. The highest BCUT2D eigenvalue weighted by atomic mass is 32.1. The van der Waals surface area contributed by atoms with Crippen molar-refractivity contribution >= 4 is 11.3 Å². The Bertz CT molecular complexity index is 587. The Balaban J connectivity index is 2.27. The van der Waals surface area contributed by atoms with Crippen LogP contribution in [0, 0.1) is 6.92 Å². The number of nitrogens with one attached hydrogen (secondary N) is 1. The van der Waals surface area contributed by atoms with Crippen molar-refractivity contribution in [1.82, 2.24) is 9.97 Å². The van der Waals surface area contributed by atoms with Gasteiger partial charge < -0.3 is 4.98 Å². The van der Waals surface area contributed by atoms with Crippen LogP contribution in [0.15, 0.2) is 6.07 Å². The van der Waals surface area contributed by atoms with Gasteiger partial charge in [-0.05, 0) is 24.5 Å². The van der Waals surface area contributed by atoms with Gasteiger partial charge in [0.05, 0.1) is 10.6 Å². The normalized spacial score (nSPS) is 16.4. The number of nitrogens with zero attached hydrogens (tertiary/aromatic N) is 1. The van der Waals surface area contributed by atoms with Gasteiger partial charge in [0.15, 0.2) is 0 Å². The van der Waals surface area contributed by atoms with Crippen LogP contribution in [0.4, 0.5) is 0 Å². The highest BCUT2D eigenvalue weighted by Gasteiger charge is 2.40. The van der Waals surface area contributed by atoms with Gasteiger partial charge in [-0.15, -0.1) is 11.3 Å². The molecule has 1 aliphatic carbocycles. The smallest absolute Gasteiger partial charge is 0.103 e. The van der Waals surface area contributed by atoms with Crippen LogP contribution in [0.25, 0.3) is 10.6 Å². The van der Waals surface area contributed by atoms with Gasteiger partial charge in [0.1, 0.15) is 11.5 Å². The first-order valence-corrected chi connectivity index (χ1v) is 6.94. The van der Waals surface area contributed by atoms with E-state index in [2.05, 4.69) is 43.7 Å². The molecule has 0 saturated carbocycles. The molecular formula is C14H18N2S. The quantitative estimate of drug-likeness (QED) is 0.802. The van der Waals surface area contributed by atoms with Crippen LogP contribution < -0.4 is 0 Å². The van der Waals surface area contributed by atoms with Crippen molar-refractivity contribution in [1.29, 1.82) is 0 Å². The number of thiophene rings is 1. The number of hydrogen-bond acceptors (Lipinski definition) is 2. The summed E-state index contributed by atoms with van der Waals surface area (Å²) in [6.45, 7) is 11.1. The van der Waals surface area contributed by atoms with Gasteiger partial charge in [-0.3, -0.25) is 0 Å². The van der Waals surface area contributed by atoms with Crippen molar-refractivity contribution in [2.75, 3.05) is 0 Å². The summed E-state index contributed by atoms with van der Waals surface area (Å²) < 4.78 is 0. The molecule has 2 nitrogen and oxygen atoms in total. The Hall–Kier alpha value is -1.09. The largest absolute Gasteiger partial charge is 0.345 e. The molecule has 0 aromatic carbocycles. The predicted molar refractivity (Wildman–Crippen MR) is 72.9 cm³/mol. The summed E-state index contributed by atoms with van der Waals surface area (Å²) in [6.07, 6.45) is 0. The lowest BCUT2D eigenvalue weighted by Crippen LogP contribution is -2.15. The molecule has 3 heteroatoms. The lowest BCUT2D eigenvalue weighted by Gasteiger charge is -2.18. The standard InChI is InChI=1S/C14H18N2S/c1-7(2)10-6-9-12(17-10)11-13(14(9,4)5)16-8(3)15-11/h6-7H,1-5H3,(H,15,16). The average molecular weight is 246 g/mol. The number of rotatable bonds is 1. The lowest BCUT2D eigenvalue weighted by atomic mass is 9.86. The minimum Gasteiger partial charge on any atom is -0.345 e. The van der Waals surface area contributed by atoms with Gasteiger partial charge >= 0.3 is 0 Å². The first-order valence-electron chi connectivity index (χ1n) is 6.13. The molecule has 0 spiro atoms. The Morgan fingerprint density at radius 1 is 1.35 bits per heavy atom. The molecule has 0 bridgehead atoms. The highest BCUT2D eigenvalue weighted by molar-refractivity contribution is 7.15. The van der Waals surface area contributed by atoms with E-state index >= 15 is 0 Å². The van der Waals surface area contributed by atoms with E-state index in [0.29, 0.717) is 5.92 Å². The number of imidazole rings is 1. The fraction of sp³-hybridized carbons (Fsp3) is 0.500. The molecule has 0 amide bonds. The van der Waals surface area contributed by atoms with Crippen molar-refractivity contribution in [2.45, 2.75) is 46.0 Å². The van der Waals surface area contributed by atoms with Gasteiger partial charge in [-0.25, -0.2) is 4.98 Å². The van der Waals surface area contributed by atoms with Crippen molar-refractivity contribution in [3.05, 3.63) is 28.0 Å². The summed E-state index contributed by atoms with van der Waals surface area (Å²) in [6, 6.07) is 2.37. The summed E-state index contributed by atoms with van der Waals surface area (Å²) in [7, 11) is 0. The van der Waals surface area contributed by atoms with Gasteiger partial charge in [0, 0.05) is 10.3 Å². The number of hydrogen-bond donors (Lipinski definition) is 1. The predicted octanol–water partition coefficient (Wildman–Crippen LogP) is 4.21. The number of H-pyrrole nitrogens is 1. The summed E-state index contributed by atoms with van der Waals surface area (Å²) in [4.78, 5) is 10.9. The van der Waals surface area contributed by atoms with E-state index in [4.69, 9.17) is 0 Å². The monoisotopic (exact) mass is 246 g/mol. The minimum atomic E-state index is 0.0789.